The highest BCUT2D eigenvalue weighted by Gasteiger charge is 1.93. The summed E-state index contributed by atoms with van der Waals surface area (Å²) in [5, 5.41) is 3.22. The third-order valence-corrected chi connectivity index (χ3v) is 1.35. The van der Waals surface area contributed by atoms with Gasteiger partial charge in [-0.3, -0.25) is 0 Å². The lowest BCUT2D eigenvalue weighted by atomic mass is 10.3. The van der Waals surface area contributed by atoms with Gasteiger partial charge in [-0.25, -0.2) is 4.98 Å². The van der Waals surface area contributed by atoms with Gasteiger partial charge in [-0.05, 0) is 32.4 Å². The van der Waals surface area contributed by atoms with Crippen molar-refractivity contribution >= 4 is 5.82 Å². The Morgan fingerprint density at radius 2 is 2.09 bits per heavy atom. The van der Waals surface area contributed by atoms with E-state index in [9.17, 15) is 0 Å². The summed E-state index contributed by atoms with van der Waals surface area (Å²) in [6, 6.07) is 4.50. The van der Waals surface area contributed by atoms with Crippen LogP contribution in [0, 0.1) is 6.92 Å². The molecule has 0 bridgehead atoms. The van der Waals surface area contributed by atoms with Crippen LogP contribution in [0.15, 0.2) is 18.3 Å². The molecular formula is C9H14N2. The summed E-state index contributed by atoms with van der Waals surface area (Å²) < 4.78 is 0. The summed E-state index contributed by atoms with van der Waals surface area (Å²) >= 11 is 0. The fraction of sp³-hybridized carbons (Fsp3) is 0.444. The van der Waals surface area contributed by atoms with E-state index >= 15 is 0 Å². The van der Waals surface area contributed by atoms with Crippen molar-refractivity contribution < 1.29 is 0 Å². The van der Waals surface area contributed by atoms with Crippen molar-refractivity contribution in [1.82, 2.24) is 4.98 Å². The van der Waals surface area contributed by atoms with E-state index in [2.05, 4.69) is 30.2 Å². The number of nitrogens with zero attached hydrogens (tertiary/aromatic N) is 1. The maximum absolute atomic E-state index is 4.21. The minimum Gasteiger partial charge on any atom is -0.368 e. The van der Waals surface area contributed by atoms with E-state index in [0.29, 0.717) is 6.04 Å². The van der Waals surface area contributed by atoms with E-state index in [-0.39, 0.29) is 0 Å². The fourth-order valence-corrected chi connectivity index (χ4v) is 0.849. The maximum Gasteiger partial charge on any atom is 0.126 e. The second kappa shape index (κ2) is 3.37. The number of aryl methyl sites for hydroxylation is 1. The molecule has 1 N–H and O–H groups in total. The first kappa shape index (κ1) is 8.05. The Morgan fingerprint density at radius 3 is 2.55 bits per heavy atom. The average molecular weight is 150 g/mol. The van der Waals surface area contributed by atoms with Crippen LogP contribution in [0.5, 0.6) is 0 Å². The molecule has 1 heterocycles. The number of hydrogen-bond acceptors (Lipinski definition) is 2. The molecule has 0 unspecified atom stereocenters. The normalized spacial score (nSPS) is 10.2. The van der Waals surface area contributed by atoms with Crippen LogP contribution in [-0.4, -0.2) is 11.0 Å². The highest BCUT2D eigenvalue weighted by molar-refractivity contribution is 5.35. The summed E-state index contributed by atoms with van der Waals surface area (Å²) in [6.07, 6.45) is 1.87. The van der Waals surface area contributed by atoms with Gasteiger partial charge in [0.05, 0.1) is 0 Å². The molecule has 0 saturated carbocycles. The molecule has 11 heavy (non-hydrogen) atoms. The van der Waals surface area contributed by atoms with Crippen LogP contribution in [0.3, 0.4) is 0 Å². The van der Waals surface area contributed by atoms with Crippen LogP contribution < -0.4 is 5.32 Å². The van der Waals surface area contributed by atoms with E-state index < -0.39 is 0 Å². The van der Waals surface area contributed by atoms with Crippen molar-refractivity contribution in [3.05, 3.63) is 23.9 Å². The number of anilines is 1. The first-order valence-corrected chi connectivity index (χ1v) is 3.87. The van der Waals surface area contributed by atoms with Gasteiger partial charge in [-0.1, -0.05) is 6.07 Å². The molecule has 0 atom stereocenters. The number of aromatic nitrogens is 1. The minimum absolute atomic E-state index is 0.449. The molecule has 0 amide bonds. The van der Waals surface area contributed by atoms with E-state index in [4.69, 9.17) is 0 Å². The van der Waals surface area contributed by atoms with Crippen molar-refractivity contribution in [2.24, 2.45) is 0 Å². The largest absolute Gasteiger partial charge is 0.368 e. The Labute approximate surface area is 67.7 Å². The highest BCUT2D eigenvalue weighted by atomic mass is 15.0. The molecule has 1 rings (SSSR count). The summed E-state index contributed by atoms with van der Waals surface area (Å²) in [7, 11) is 0. The van der Waals surface area contributed by atoms with Crippen LogP contribution >= 0.6 is 0 Å². The van der Waals surface area contributed by atoms with Gasteiger partial charge in [0, 0.05) is 12.2 Å². The van der Waals surface area contributed by atoms with Gasteiger partial charge in [0.15, 0.2) is 0 Å². The predicted molar refractivity (Wildman–Crippen MR) is 47.7 cm³/mol. The molecular weight excluding hydrogens is 136 g/mol. The quantitative estimate of drug-likeness (QED) is 0.699. The van der Waals surface area contributed by atoms with Crippen molar-refractivity contribution in [1.29, 1.82) is 0 Å². The van der Waals surface area contributed by atoms with Crippen LogP contribution in [0.4, 0.5) is 5.82 Å². The zero-order chi connectivity index (χ0) is 8.27. The maximum atomic E-state index is 4.21. The van der Waals surface area contributed by atoms with Crippen molar-refractivity contribution in [3.8, 4) is 0 Å². The Bertz CT molecular complexity index is 214. The van der Waals surface area contributed by atoms with Crippen LogP contribution in [0.1, 0.15) is 19.4 Å². The number of nitrogens with one attached hydrogen (secondary N) is 1. The van der Waals surface area contributed by atoms with E-state index in [1.165, 1.54) is 5.56 Å². The van der Waals surface area contributed by atoms with Gasteiger partial charge in [0.2, 0.25) is 0 Å². The van der Waals surface area contributed by atoms with Gasteiger partial charge in [-0.2, -0.15) is 0 Å². The summed E-state index contributed by atoms with van der Waals surface area (Å²) in [5.74, 6) is 0.950. The lowest BCUT2D eigenvalue weighted by Crippen LogP contribution is -2.10. The topological polar surface area (TPSA) is 24.9 Å². The Balaban J connectivity index is 2.66. The smallest absolute Gasteiger partial charge is 0.126 e. The van der Waals surface area contributed by atoms with Crippen LogP contribution in [0.25, 0.3) is 0 Å². The Kier molecular flexibility index (Phi) is 2.47. The molecule has 0 saturated heterocycles. The summed E-state index contributed by atoms with van der Waals surface area (Å²) in [5.41, 5.74) is 1.19. The molecule has 0 aliphatic rings. The molecule has 0 spiro atoms. The third kappa shape index (κ3) is 2.58. The predicted octanol–water partition coefficient (Wildman–Crippen LogP) is 2.21. The van der Waals surface area contributed by atoms with Gasteiger partial charge >= 0.3 is 0 Å². The minimum atomic E-state index is 0.449. The first-order valence-electron chi connectivity index (χ1n) is 3.87. The van der Waals surface area contributed by atoms with E-state index in [1.54, 1.807) is 0 Å². The van der Waals surface area contributed by atoms with Crippen molar-refractivity contribution in [2.75, 3.05) is 5.32 Å². The number of pyridine rings is 1. The summed E-state index contributed by atoms with van der Waals surface area (Å²) in [6.45, 7) is 6.23. The zero-order valence-corrected chi connectivity index (χ0v) is 7.26. The molecule has 1 aromatic rings. The van der Waals surface area contributed by atoms with Crippen LogP contribution in [0.2, 0.25) is 0 Å². The van der Waals surface area contributed by atoms with E-state index in [1.807, 2.05) is 19.2 Å². The van der Waals surface area contributed by atoms with Gasteiger partial charge in [0.25, 0.3) is 0 Å². The third-order valence-electron chi connectivity index (χ3n) is 1.35. The molecule has 2 nitrogen and oxygen atoms in total. The SMILES string of the molecule is Cc1ccc(NC(C)C)nc1. The standard InChI is InChI=1S/C9H14N2/c1-7(2)11-9-5-4-8(3)6-10-9/h4-7H,1-3H3,(H,10,11). The monoisotopic (exact) mass is 150 g/mol. The molecule has 0 aliphatic heterocycles. The first-order chi connectivity index (χ1) is 5.18. The lowest BCUT2D eigenvalue weighted by Gasteiger charge is -2.07. The second-order valence-corrected chi connectivity index (χ2v) is 3.02. The average Bonchev–Trinajstić information content (AvgIpc) is 1.93. The van der Waals surface area contributed by atoms with Gasteiger partial charge in [-0.15, -0.1) is 0 Å². The molecule has 0 aliphatic carbocycles. The molecule has 0 fully saturated rings. The second-order valence-electron chi connectivity index (χ2n) is 3.02. The van der Waals surface area contributed by atoms with Gasteiger partial charge < -0.3 is 5.32 Å². The zero-order valence-electron chi connectivity index (χ0n) is 7.26. The van der Waals surface area contributed by atoms with Crippen LogP contribution in [-0.2, 0) is 0 Å². The molecule has 0 aromatic carbocycles. The number of rotatable bonds is 2. The number of hydrogen-bond donors (Lipinski definition) is 1. The lowest BCUT2D eigenvalue weighted by molar-refractivity contribution is 0.888. The highest BCUT2D eigenvalue weighted by Crippen LogP contribution is 2.04. The molecule has 60 valence electrons. The van der Waals surface area contributed by atoms with Crippen molar-refractivity contribution in [2.45, 2.75) is 26.8 Å². The van der Waals surface area contributed by atoms with E-state index in [0.717, 1.165) is 5.82 Å². The summed E-state index contributed by atoms with van der Waals surface area (Å²) in [4.78, 5) is 4.21. The molecule has 0 radical (unpaired) electrons. The Morgan fingerprint density at radius 1 is 1.36 bits per heavy atom. The molecule has 1 aromatic heterocycles. The Hall–Kier alpha value is -1.05. The van der Waals surface area contributed by atoms with Crippen molar-refractivity contribution in [3.63, 3.8) is 0 Å². The fourth-order valence-electron chi connectivity index (χ4n) is 0.849. The molecule has 2 heteroatoms. The van der Waals surface area contributed by atoms with Gasteiger partial charge in [0.1, 0.15) is 5.82 Å².